The fourth-order valence-corrected chi connectivity index (χ4v) is 3.56. The minimum absolute atomic E-state index is 0.113. The molecule has 0 aliphatic rings. The molecule has 0 aliphatic heterocycles. The van der Waals surface area contributed by atoms with Gasteiger partial charge in [0, 0.05) is 23.2 Å². The van der Waals surface area contributed by atoms with Gasteiger partial charge in [0.25, 0.3) is 0 Å². The van der Waals surface area contributed by atoms with E-state index < -0.39 is 11.7 Å². The summed E-state index contributed by atoms with van der Waals surface area (Å²) >= 11 is 1.46. The Morgan fingerprint density at radius 3 is 2.73 bits per heavy atom. The number of ether oxygens (including phenoxy) is 1. The molecule has 0 bridgehead atoms. The zero-order chi connectivity index (χ0) is 18.1. The molecule has 0 atom stereocenters. The van der Waals surface area contributed by atoms with E-state index in [9.17, 15) is 13.2 Å². The van der Waals surface area contributed by atoms with Crippen molar-refractivity contribution in [3.63, 3.8) is 0 Å². The average molecular weight is 374 g/mol. The van der Waals surface area contributed by atoms with E-state index in [-0.39, 0.29) is 12.2 Å². The van der Waals surface area contributed by atoms with Crippen LogP contribution in [-0.2, 0) is 12.8 Å². The number of benzene rings is 1. The lowest BCUT2D eigenvalue weighted by Crippen LogP contribution is -2.10. The van der Waals surface area contributed by atoms with Crippen LogP contribution in [-0.4, -0.2) is 9.38 Å². The van der Waals surface area contributed by atoms with Gasteiger partial charge in [-0.2, -0.15) is 13.2 Å². The third kappa shape index (κ3) is 3.17. The third-order valence-electron chi connectivity index (χ3n) is 3.96. The van der Waals surface area contributed by atoms with E-state index in [2.05, 4.69) is 4.98 Å². The molecule has 0 saturated carbocycles. The highest BCUT2D eigenvalue weighted by molar-refractivity contribution is 7.13. The third-order valence-corrected chi connectivity index (χ3v) is 4.89. The van der Waals surface area contributed by atoms with E-state index in [0.29, 0.717) is 5.75 Å². The van der Waals surface area contributed by atoms with Crippen LogP contribution in [0, 0.1) is 0 Å². The molecule has 0 radical (unpaired) electrons. The first-order chi connectivity index (χ1) is 12.5. The van der Waals surface area contributed by atoms with Crippen molar-refractivity contribution in [1.82, 2.24) is 9.38 Å². The van der Waals surface area contributed by atoms with Crippen molar-refractivity contribution in [3.05, 3.63) is 77.4 Å². The van der Waals surface area contributed by atoms with Gasteiger partial charge < -0.3 is 4.74 Å². The maximum Gasteiger partial charge on any atom is 0.416 e. The number of halogens is 3. The number of aromatic nitrogens is 2. The Morgan fingerprint density at radius 2 is 1.88 bits per heavy atom. The Kier molecular flexibility index (Phi) is 4.16. The van der Waals surface area contributed by atoms with Crippen molar-refractivity contribution in [2.75, 3.05) is 0 Å². The smallest absolute Gasteiger partial charge is 0.416 e. The van der Waals surface area contributed by atoms with E-state index in [1.54, 1.807) is 17.6 Å². The molecule has 0 unspecified atom stereocenters. The Hall–Kier alpha value is -2.80. The van der Waals surface area contributed by atoms with Gasteiger partial charge in [-0.15, -0.1) is 11.3 Å². The molecule has 0 N–H and O–H groups in total. The molecule has 3 aromatic heterocycles. The lowest BCUT2D eigenvalue weighted by atomic mass is 10.1. The van der Waals surface area contributed by atoms with Crippen LogP contribution in [0.4, 0.5) is 13.2 Å². The number of hydrogen-bond acceptors (Lipinski definition) is 3. The monoisotopic (exact) mass is 374 g/mol. The molecule has 0 saturated heterocycles. The number of thiophene rings is 1. The molecule has 0 spiro atoms. The molecule has 3 heterocycles. The summed E-state index contributed by atoms with van der Waals surface area (Å²) in [6.07, 6.45) is -0.711. The Labute approximate surface area is 151 Å². The molecule has 0 amide bonds. The van der Waals surface area contributed by atoms with E-state index >= 15 is 0 Å². The van der Waals surface area contributed by atoms with Crippen molar-refractivity contribution in [2.24, 2.45) is 0 Å². The van der Waals surface area contributed by atoms with Crippen LogP contribution in [0.2, 0.25) is 0 Å². The van der Waals surface area contributed by atoms with Crippen LogP contribution in [0.1, 0.15) is 11.1 Å². The number of hydrogen-bond donors (Lipinski definition) is 0. The summed E-state index contributed by atoms with van der Waals surface area (Å²) in [5.74, 6) is 0.535. The molecule has 26 heavy (non-hydrogen) atoms. The number of nitrogens with zero attached hydrogens (tertiary/aromatic N) is 2. The first kappa shape index (κ1) is 16.7. The molecule has 132 valence electrons. The van der Waals surface area contributed by atoms with Gasteiger partial charge >= 0.3 is 6.18 Å². The highest BCUT2D eigenvalue weighted by Gasteiger charge is 2.33. The van der Waals surface area contributed by atoms with Crippen LogP contribution in [0.5, 0.6) is 5.75 Å². The van der Waals surface area contributed by atoms with Crippen LogP contribution in [0.25, 0.3) is 16.2 Å². The van der Waals surface area contributed by atoms with Crippen LogP contribution in [0.15, 0.2) is 66.3 Å². The second-order valence-corrected chi connectivity index (χ2v) is 6.57. The number of pyridine rings is 1. The highest BCUT2D eigenvalue weighted by Crippen LogP contribution is 2.34. The maximum absolute atomic E-state index is 13.0. The van der Waals surface area contributed by atoms with Crippen molar-refractivity contribution >= 4 is 17.0 Å². The Balaban J connectivity index is 1.55. The SMILES string of the molecule is FC(F)(F)c1ccccc1COc1csc(-c2cnc3ccccn23)c1. The topological polar surface area (TPSA) is 26.5 Å². The summed E-state index contributed by atoms with van der Waals surface area (Å²) in [6.45, 7) is -0.140. The van der Waals surface area contributed by atoms with Gasteiger partial charge in [0.15, 0.2) is 0 Å². The van der Waals surface area contributed by atoms with Gasteiger partial charge in [0.2, 0.25) is 0 Å². The second kappa shape index (κ2) is 6.49. The summed E-state index contributed by atoms with van der Waals surface area (Å²) in [6, 6.07) is 13.0. The summed E-state index contributed by atoms with van der Waals surface area (Å²) in [4.78, 5) is 5.27. The molecule has 0 fully saturated rings. The van der Waals surface area contributed by atoms with E-state index in [4.69, 9.17) is 4.74 Å². The molecular weight excluding hydrogens is 361 g/mol. The first-order valence-corrected chi connectivity index (χ1v) is 8.69. The predicted molar refractivity (Wildman–Crippen MR) is 94.3 cm³/mol. The Morgan fingerprint density at radius 1 is 1.08 bits per heavy atom. The number of rotatable bonds is 4. The van der Waals surface area contributed by atoms with Gasteiger partial charge in [-0.05, 0) is 18.2 Å². The van der Waals surface area contributed by atoms with Gasteiger partial charge in [-0.25, -0.2) is 4.98 Å². The van der Waals surface area contributed by atoms with Gasteiger partial charge in [-0.3, -0.25) is 4.40 Å². The minimum Gasteiger partial charge on any atom is -0.488 e. The maximum atomic E-state index is 13.0. The normalized spacial score (nSPS) is 11.8. The van der Waals surface area contributed by atoms with Crippen LogP contribution >= 0.6 is 11.3 Å². The molecule has 0 aliphatic carbocycles. The van der Waals surface area contributed by atoms with Crippen molar-refractivity contribution in [1.29, 1.82) is 0 Å². The molecule has 4 aromatic rings. The van der Waals surface area contributed by atoms with Crippen molar-refractivity contribution < 1.29 is 17.9 Å². The second-order valence-electron chi connectivity index (χ2n) is 5.66. The zero-order valence-electron chi connectivity index (χ0n) is 13.4. The number of alkyl halides is 3. The highest BCUT2D eigenvalue weighted by atomic mass is 32.1. The summed E-state index contributed by atoms with van der Waals surface area (Å²) in [5.41, 5.74) is 1.19. The van der Waals surface area contributed by atoms with Crippen LogP contribution in [0.3, 0.4) is 0 Å². The zero-order valence-corrected chi connectivity index (χ0v) is 14.2. The predicted octanol–water partition coefficient (Wildman–Crippen LogP) is 5.66. The van der Waals surface area contributed by atoms with Crippen LogP contribution < -0.4 is 4.74 Å². The lowest BCUT2D eigenvalue weighted by Gasteiger charge is -2.12. The molecule has 4 rings (SSSR count). The number of fused-ring (bicyclic) bond motifs is 1. The molecule has 1 aromatic carbocycles. The number of imidazole rings is 1. The molecule has 3 nitrogen and oxygen atoms in total. The molecule has 7 heteroatoms. The van der Waals surface area contributed by atoms with E-state index in [1.807, 2.05) is 34.9 Å². The Bertz CT molecular complexity index is 1050. The first-order valence-electron chi connectivity index (χ1n) is 7.81. The van der Waals surface area contributed by atoms with Gasteiger partial charge in [0.1, 0.15) is 18.0 Å². The van der Waals surface area contributed by atoms with Gasteiger partial charge in [0.05, 0.1) is 22.3 Å². The molecular formula is C19H13F3N2OS. The lowest BCUT2D eigenvalue weighted by molar-refractivity contribution is -0.138. The summed E-state index contributed by atoms with van der Waals surface area (Å²) in [5, 5.41) is 1.79. The fourth-order valence-electron chi connectivity index (χ4n) is 2.73. The van der Waals surface area contributed by atoms with E-state index in [0.717, 1.165) is 22.3 Å². The fraction of sp³-hybridized carbons (Fsp3) is 0.105. The largest absolute Gasteiger partial charge is 0.488 e. The van der Waals surface area contributed by atoms with Gasteiger partial charge in [-0.1, -0.05) is 24.3 Å². The minimum atomic E-state index is -4.39. The standard InChI is InChI=1S/C19H13F3N2OS/c20-19(21,22)15-6-2-1-5-13(15)11-25-14-9-17(26-12-14)16-10-23-18-7-3-4-8-24(16)18/h1-10,12H,11H2. The summed E-state index contributed by atoms with van der Waals surface area (Å²) in [7, 11) is 0. The van der Waals surface area contributed by atoms with E-state index in [1.165, 1.54) is 23.5 Å². The van der Waals surface area contributed by atoms with Crippen molar-refractivity contribution in [3.8, 4) is 16.3 Å². The average Bonchev–Trinajstić information content (AvgIpc) is 3.26. The van der Waals surface area contributed by atoms with Crippen molar-refractivity contribution in [2.45, 2.75) is 12.8 Å². The quantitative estimate of drug-likeness (QED) is 0.461. The summed E-state index contributed by atoms with van der Waals surface area (Å²) < 4.78 is 46.7.